The van der Waals surface area contributed by atoms with E-state index < -0.39 is 0 Å². The highest BCUT2D eigenvalue weighted by atomic mass is 16.1. The second-order valence-electron chi connectivity index (χ2n) is 3.51. The molecule has 3 aromatic heterocycles. The molecule has 0 radical (unpaired) electrons. The number of carbonyl (C=O) groups excluding carboxylic acids is 1. The average Bonchev–Trinajstić information content (AvgIpc) is 2.98. The lowest BCUT2D eigenvalue weighted by Crippen LogP contribution is -2.12. The topological polar surface area (TPSA) is 86.5 Å². The van der Waals surface area contributed by atoms with Gasteiger partial charge in [-0.1, -0.05) is 0 Å². The van der Waals surface area contributed by atoms with E-state index in [1.165, 1.54) is 0 Å². The molecule has 0 spiro atoms. The molecular weight excluding hydrogens is 218 g/mol. The minimum atomic E-state index is -0.218. The molecule has 0 unspecified atom stereocenters. The summed E-state index contributed by atoms with van der Waals surface area (Å²) < 4.78 is 0. The van der Waals surface area contributed by atoms with Crippen molar-refractivity contribution in [1.29, 1.82) is 0 Å². The maximum atomic E-state index is 11.8. The van der Waals surface area contributed by atoms with Gasteiger partial charge in [-0.05, 0) is 24.3 Å². The third-order valence-corrected chi connectivity index (χ3v) is 2.41. The van der Waals surface area contributed by atoms with Crippen LogP contribution in [0.1, 0.15) is 10.5 Å². The van der Waals surface area contributed by atoms with Crippen LogP contribution in [0.3, 0.4) is 0 Å². The fraction of sp³-hybridized carbons (Fsp3) is 0. The van der Waals surface area contributed by atoms with Crippen LogP contribution in [0.4, 0.5) is 5.82 Å². The zero-order valence-corrected chi connectivity index (χ0v) is 8.77. The Morgan fingerprint density at radius 1 is 1.29 bits per heavy atom. The fourth-order valence-corrected chi connectivity index (χ4v) is 1.60. The van der Waals surface area contributed by atoms with Gasteiger partial charge in [0.2, 0.25) is 0 Å². The summed E-state index contributed by atoms with van der Waals surface area (Å²) in [6, 6.07) is 7.10. The molecule has 0 aliphatic rings. The number of hydrogen-bond acceptors (Lipinski definition) is 3. The van der Waals surface area contributed by atoms with Gasteiger partial charge in [0.15, 0.2) is 5.65 Å². The van der Waals surface area contributed by atoms with E-state index >= 15 is 0 Å². The van der Waals surface area contributed by atoms with E-state index in [9.17, 15) is 4.79 Å². The van der Waals surface area contributed by atoms with Gasteiger partial charge >= 0.3 is 0 Å². The van der Waals surface area contributed by atoms with Gasteiger partial charge in [0.1, 0.15) is 11.5 Å². The highest BCUT2D eigenvalue weighted by Crippen LogP contribution is 2.18. The molecule has 0 aliphatic heterocycles. The first-order valence-electron chi connectivity index (χ1n) is 5.08. The van der Waals surface area contributed by atoms with Crippen molar-refractivity contribution in [2.24, 2.45) is 0 Å². The number of pyridine rings is 1. The first-order valence-corrected chi connectivity index (χ1v) is 5.08. The van der Waals surface area contributed by atoms with Crippen molar-refractivity contribution in [2.45, 2.75) is 0 Å². The number of aromatic amines is 2. The number of anilines is 1. The normalized spacial score (nSPS) is 10.6. The fourth-order valence-electron chi connectivity index (χ4n) is 1.60. The van der Waals surface area contributed by atoms with Crippen molar-refractivity contribution in [2.75, 3.05) is 5.32 Å². The number of hydrogen-bond donors (Lipinski definition) is 3. The van der Waals surface area contributed by atoms with Crippen LogP contribution in [0, 0.1) is 0 Å². The van der Waals surface area contributed by atoms with Crippen LogP contribution in [0.2, 0.25) is 0 Å². The Labute approximate surface area is 96.1 Å². The van der Waals surface area contributed by atoms with Gasteiger partial charge in [0.05, 0.1) is 5.39 Å². The highest BCUT2D eigenvalue weighted by Gasteiger charge is 2.10. The molecule has 6 nitrogen and oxygen atoms in total. The van der Waals surface area contributed by atoms with Crippen molar-refractivity contribution >= 4 is 22.8 Å². The van der Waals surface area contributed by atoms with Gasteiger partial charge in [-0.3, -0.25) is 9.89 Å². The number of amides is 1. The molecule has 0 saturated heterocycles. The SMILES string of the molecule is O=C(Nc1[nH]nc2ncccc12)c1ccc[nH]1. The largest absolute Gasteiger partial charge is 0.357 e. The Morgan fingerprint density at radius 2 is 2.24 bits per heavy atom. The number of nitrogens with one attached hydrogen (secondary N) is 3. The summed E-state index contributed by atoms with van der Waals surface area (Å²) >= 11 is 0. The molecule has 0 fully saturated rings. The summed E-state index contributed by atoms with van der Waals surface area (Å²) in [7, 11) is 0. The molecule has 3 N–H and O–H groups in total. The summed E-state index contributed by atoms with van der Waals surface area (Å²) in [5, 5.41) is 10.3. The molecule has 0 bridgehead atoms. The van der Waals surface area contributed by atoms with Crippen LogP contribution in [0.5, 0.6) is 0 Å². The lowest BCUT2D eigenvalue weighted by atomic mass is 10.3. The average molecular weight is 227 g/mol. The molecule has 84 valence electrons. The predicted molar refractivity (Wildman–Crippen MR) is 62.6 cm³/mol. The van der Waals surface area contributed by atoms with Crippen molar-refractivity contribution < 1.29 is 4.79 Å². The molecule has 3 rings (SSSR count). The maximum absolute atomic E-state index is 11.8. The number of H-pyrrole nitrogens is 2. The second kappa shape index (κ2) is 3.75. The Hall–Kier alpha value is -2.63. The first kappa shape index (κ1) is 9.59. The predicted octanol–water partition coefficient (Wildman–Crippen LogP) is 1.54. The molecular formula is C11H9N5O. The molecule has 0 saturated carbocycles. The number of carbonyl (C=O) groups is 1. The number of rotatable bonds is 2. The van der Waals surface area contributed by atoms with E-state index in [2.05, 4.69) is 25.5 Å². The second-order valence-corrected chi connectivity index (χ2v) is 3.51. The molecule has 3 heterocycles. The van der Waals surface area contributed by atoms with Crippen LogP contribution in [-0.4, -0.2) is 26.1 Å². The zero-order valence-electron chi connectivity index (χ0n) is 8.77. The van der Waals surface area contributed by atoms with Gasteiger partial charge in [-0.25, -0.2) is 4.98 Å². The van der Waals surface area contributed by atoms with E-state index in [0.29, 0.717) is 17.2 Å². The van der Waals surface area contributed by atoms with Crippen LogP contribution in [0.15, 0.2) is 36.7 Å². The Morgan fingerprint density at radius 3 is 3.06 bits per heavy atom. The summed E-state index contributed by atoms with van der Waals surface area (Å²) in [6.45, 7) is 0. The van der Waals surface area contributed by atoms with Crippen LogP contribution in [0.25, 0.3) is 11.0 Å². The highest BCUT2D eigenvalue weighted by molar-refractivity contribution is 6.06. The summed E-state index contributed by atoms with van der Waals surface area (Å²) in [5.41, 5.74) is 1.07. The molecule has 0 aromatic carbocycles. The van der Waals surface area contributed by atoms with E-state index in [4.69, 9.17) is 0 Å². The van der Waals surface area contributed by atoms with E-state index in [0.717, 1.165) is 5.39 Å². The molecule has 3 aromatic rings. The van der Waals surface area contributed by atoms with Gasteiger partial charge < -0.3 is 10.3 Å². The van der Waals surface area contributed by atoms with E-state index in [1.807, 2.05) is 6.07 Å². The van der Waals surface area contributed by atoms with Crippen LogP contribution < -0.4 is 5.32 Å². The van der Waals surface area contributed by atoms with Crippen molar-refractivity contribution in [1.82, 2.24) is 20.2 Å². The molecule has 0 atom stereocenters. The van der Waals surface area contributed by atoms with Crippen molar-refractivity contribution in [3.63, 3.8) is 0 Å². The third kappa shape index (κ3) is 1.65. The monoisotopic (exact) mass is 227 g/mol. The smallest absolute Gasteiger partial charge is 0.273 e. The molecule has 1 amide bonds. The van der Waals surface area contributed by atoms with Gasteiger partial charge in [0.25, 0.3) is 5.91 Å². The van der Waals surface area contributed by atoms with Gasteiger partial charge in [-0.15, -0.1) is 0 Å². The maximum Gasteiger partial charge on any atom is 0.273 e. The van der Waals surface area contributed by atoms with Crippen molar-refractivity contribution in [3.05, 3.63) is 42.4 Å². The Bertz CT molecular complexity index is 655. The summed E-state index contributed by atoms with van der Waals surface area (Å²) in [5.74, 6) is 0.331. The Balaban J connectivity index is 1.93. The van der Waals surface area contributed by atoms with Gasteiger partial charge in [-0.2, -0.15) is 5.10 Å². The molecule has 6 heteroatoms. The Kier molecular flexibility index (Phi) is 2.11. The summed E-state index contributed by atoms with van der Waals surface area (Å²) in [6.07, 6.45) is 3.35. The lowest BCUT2D eigenvalue weighted by molar-refractivity contribution is 0.102. The number of fused-ring (bicyclic) bond motifs is 1. The third-order valence-electron chi connectivity index (χ3n) is 2.41. The van der Waals surface area contributed by atoms with Crippen LogP contribution >= 0.6 is 0 Å². The van der Waals surface area contributed by atoms with Crippen LogP contribution in [-0.2, 0) is 0 Å². The van der Waals surface area contributed by atoms with E-state index in [-0.39, 0.29) is 5.91 Å². The van der Waals surface area contributed by atoms with Crippen molar-refractivity contribution in [3.8, 4) is 0 Å². The molecule has 17 heavy (non-hydrogen) atoms. The number of aromatic nitrogens is 4. The lowest BCUT2D eigenvalue weighted by Gasteiger charge is -2.00. The number of nitrogens with zero attached hydrogens (tertiary/aromatic N) is 2. The zero-order chi connectivity index (χ0) is 11.7. The van der Waals surface area contributed by atoms with Gasteiger partial charge in [0, 0.05) is 12.4 Å². The standard InChI is InChI=1S/C11H9N5O/c17-11(8-4-2-5-12-8)14-10-7-3-1-6-13-9(7)15-16-10/h1-6,12H,(H2,13,14,15,16,17). The van der Waals surface area contributed by atoms with E-state index in [1.54, 1.807) is 30.6 Å². The minimum absolute atomic E-state index is 0.218. The summed E-state index contributed by atoms with van der Waals surface area (Å²) in [4.78, 5) is 18.7. The minimum Gasteiger partial charge on any atom is -0.357 e. The first-order chi connectivity index (χ1) is 8.34. The molecule has 0 aliphatic carbocycles. The quantitative estimate of drug-likeness (QED) is 0.620.